The standard InChI is InChI=1S/C26H29F2N3O3Si/c1-32-19-7-5-6-17(12-19)20-15-31(16-33-10-11-35(2,3)4)26-24(20)23(8-9-30-26)34-25-21(27)13-18(29)14-22(25)28/h5-9,12-15H,10-11,16,29H2,1-4H3. The van der Waals surface area contributed by atoms with E-state index in [0.717, 1.165) is 29.3 Å². The zero-order valence-electron chi connectivity index (χ0n) is 20.3. The van der Waals surface area contributed by atoms with Gasteiger partial charge in [0, 0.05) is 50.5 Å². The maximum Gasteiger partial charge on any atom is 0.198 e. The van der Waals surface area contributed by atoms with Gasteiger partial charge >= 0.3 is 0 Å². The maximum absolute atomic E-state index is 14.5. The van der Waals surface area contributed by atoms with Gasteiger partial charge in [-0.25, -0.2) is 13.8 Å². The summed E-state index contributed by atoms with van der Waals surface area (Å²) in [5, 5.41) is 0.602. The number of benzene rings is 2. The van der Waals surface area contributed by atoms with Crippen LogP contribution >= 0.6 is 0 Å². The summed E-state index contributed by atoms with van der Waals surface area (Å²) in [7, 11) is 0.357. The van der Waals surface area contributed by atoms with Gasteiger partial charge < -0.3 is 24.5 Å². The average molecular weight is 498 g/mol. The lowest BCUT2D eigenvalue weighted by molar-refractivity contribution is 0.0899. The second kappa shape index (κ2) is 10.0. The van der Waals surface area contributed by atoms with Crippen LogP contribution in [0, 0.1) is 11.6 Å². The van der Waals surface area contributed by atoms with Gasteiger partial charge in [0.15, 0.2) is 17.4 Å². The van der Waals surface area contributed by atoms with Crippen molar-refractivity contribution in [2.24, 2.45) is 0 Å². The normalized spacial score (nSPS) is 11.7. The summed E-state index contributed by atoms with van der Waals surface area (Å²) in [6.07, 6.45) is 3.45. The van der Waals surface area contributed by atoms with Crippen molar-refractivity contribution in [2.45, 2.75) is 32.4 Å². The van der Waals surface area contributed by atoms with Crippen LogP contribution in [-0.2, 0) is 11.5 Å². The Morgan fingerprint density at radius 2 is 1.80 bits per heavy atom. The highest BCUT2D eigenvalue weighted by Crippen LogP contribution is 2.40. The summed E-state index contributed by atoms with van der Waals surface area (Å²) in [6, 6.07) is 12.2. The minimum atomic E-state index is -1.24. The molecule has 0 bridgehead atoms. The maximum atomic E-state index is 14.5. The Hall–Kier alpha value is -3.43. The molecule has 0 radical (unpaired) electrons. The van der Waals surface area contributed by atoms with Crippen molar-refractivity contribution in [1.82, 2.24) is 9.55 Å². The minimum absolute atomic E-state index is 0.0223. The molecule has 4 aromatic rings. The Labute approximate surface area is 204 Å². The minimum Gasteiger partial charge on any atom is -0.497 e. The first-order valence-electron chi connectivity index (χ1n) is 11.3. The van der Waals surface area contributed by atoms with E-state index in [1.165, 1.54) is 0 Å². The number of aromatic nitrogens is 2. The molecular weight excluding hydrogens is 468 g/mol. The summed E-state index contributed by atoms with van der Waals surface area (Å²) in [5.74, 6) is -1.36. The fraction of sp³-hybridized carbons (Fsp3) is 0.269. The van der Waals surface area contributed by atoms with Crippen LogP contribution in [0.2, 0.25) is 25.7 Å². The van der Waals surface area contributed by atoms with Crippen molar-refractivity contribution in [1.29, 1.82) is 0 Å². The van der Waals surface area contributed by atoms with Crippen LogP contribution in [0.15, 0.2) is 54.9 Å². The molecule has 184 valence electrons. The van der Waals surface area contributed by atoms with Gasteiger partial charge in [-0.3, -0.25) is 0 Å². The first-order chi connectivity index (χ1) is 16.7. The summed E-state index contributed by atoms with van der Waals surface area (Å²) in [4.78, 5) is 4.53. The quantitative estimate of drug-likeness (QED) is 0.159. The van der Waals surface area contributed by atoms with Gasteiger partial charge in [-0.15, -0.1) is 0 Å². The van der Waals surface area contributed by atoms with Crippen LogP contribution in [0.4, 0.5) is 14.5 Å². The number of methoxy groups -OCH3 is 1. The van der Waals surface area contributed by atoms with Crippen molar-refractivity contribution >= 4 is 24.8 Å². The van der Waals surface area contributed by atoms with Crippen LogP contribution in [0.3, 0.4) is 0 Å². The molecule has 35 heavy (non-hydrogen) atoms. The van der Waals surface area contributed by atoms with Crippen molar-refractivity contribution in [3.63, 3.8) is 0 Å². The number of nitrogens with two attached hydrogens (primary N) is 1. The Bertz CT molecular complexity index is 1330. The second-order valence-electron chi connectivity index (χ2n) is 9.52. The highest BCUT2D eigenvalue weighted by atomic mass is 28.3. The van der Waals surface area contributed by atoms with E-state index < -0.39 is 25.5 Å². The highest BCUT2D eigenvalue weighted by molar-refractivity contribution is 6.76. The van der Waals surface area contributed by atoms with E-state index in [4.69, 9.17) is 19.9 Å². The molecule has 0 unspecified atom stereocenters. The van der Waals surface area contributed by atoms with Gasteiger partial charge in [0.1, 0.15) is 23.9 Å². The number of rotatable bonds is 9. The van der Waals surface area contributed by atoms with Crippen LogP contribution in [0.25, 0.3) is 22.2 Å². The smallest absolute Gasteiger partial charge is 0.198 e. The summed E-state index contributed by atoms with van der Waals surface area (Å²) in [6.45, 7) is 7.81. The first-order valence-corrected chi connectivity index (χ1v) is 15.0. The van der Waals surface area contributed by atoms with Gasteiger partial charge in [-0.2, -0.15) is 0 Å². The van der Waals surface area contributed by atoms with Gasteiger partial charge in [-0.1, -0.05) is 31.8 Å². The third-order valence-electron chi connectivity index (χ3n) is 5.56. The van der Waals surface area contributed by atoms with E-state index in [-0.39, 0.29) is 18.2 Å². The molecule has 0 fully saturated rings. The summed E-state index contributed by atoms with van der Waals surface area (Å²) < 4.78 is 48.1. The molecule has 9 heteroatoms. The number of halogens is 2. The van der Waals surface area contributed by atoms with Crippen LogP contribution < -0.4 is 15.2 Å². The van der Waals surface area contributed by atoms with Crippen LogP contribution in [0.1, 0.15) is 0 Å². The number of hydrogen-bond acceptors (Lipinski definition) is 5. The largest absolute Gasteiger partial charge is 0.497 e. The fourth-order valence-corrected chi connectivity index (χ4v) is 4.46. The van der Waals surface area contributed by atoms with Crippen molar-refractivity contribution in [2.75, 3.05) is 19.5 Å². The van der Waals surface area contributed by atoms with E-state index in [1.807, 2.05) is 35.0 Å². The first kappa shape index (κ1) is 24.7. The van der Waals surface area contributed by atoms with Gasteiger partial charge in [0.05, 0.1) is 12.5 Å². The molecule has 0 spiro atoms. The number of ether oxygens (including phenoxy) is 3. The summed E-state index contributed by atoms with van der Waals surface area (Å²) in [5.41, 5.74) is 7.72. The average Bonchev–Trinajstić information content (AvgIpc) is 3.18. The predicted molar refractivity (Wildman–Crippen MR) is 137 cm³/mol. The van der Waals surface area contributed by atoms with Crippen molar-refractivity contribution < 1.29 is 23.0 Å². The Morgan fingerprint density at radius 3 is 2.49 bits per heavy atom. The second-order valence-corrected chi connectivity index (χ2v) is 15.1. The fourth-order valence-electron chi connectivity index (χ4n) is 3.71. The van der Waals surface area contributed by atoms with E-state index in [0.29, 0.717) is 23.4 Å². The molecule has 4 rings (SSSR count). The van der Waals surface area contributed by atoms with Gasteiger partial charge in [-0.05, 0) is 29.8 Å². The Kier molecular flexibility index (Phi) is 7.09. The molecule has 0 amide bonds. The molecule has 0 atom stereocenters. The lowest BCUT2D eigenvalue weighted by Gasteiger charge is -2.15. The lowest BCUT2D eigenvalue weighted by atomic mass is 10.1. The van der Waals surface area contributed by atoms with E-state index in [1.54, 1.807) is 19.4 Å². The number of nitrogen functional groups attached to an aromatic ring is 1. The van der Waals surface area contributed by atoms with Crippen LogP contribution in [0.5, 0.6) is 17.2 Å². The SMILES string of the molecule is COc1cccc(-c2cn(COCC[Si](C)(C)C)c3nccc(Oc4c(F)cc(N)cc4F)c23)c1. The van der Waals surface area contributed by atoms with Gasteiger partial charge in [0.25, 0.3) is 0 Å². The van der Waals surface area contributed by atoms with Crippen LogP contribution in [-0.4, -0.2) is 31.3 Å². The Balaban J connectivity index is 1.80. The topological polar surface area (TPSA) is 71.5 Å². The number of hydrogen-bond donors (Lipinski definition) is 1. The monoisotopic (exact) mass is 497 g/mol. The molecule has 0 aliphatic heterocycles. The van der Waals surface area contributed by atoms with E-state index in [2.05, 4.69) is 24.6 Å². The third kappa shape index (κ3) is 5.63. The molecule has 2 N–H and O–H groups in total. The number of fused-ring (bicyclic) bond motifs is 1. The number of anilines is 1. The predicted octanol–water partition coefficient (Wildman–Crippen LogP) is 6.68. The van der Waals surface area contributed by atoms with Crippen molar-refractivity contribution in [3.8, 4) is 28.4 Å². The summed E-state index contributed by atoms with van der Waals surface area (Å²) >= 11 is 0. The van der Waals surface area contributed by atoms with Gasteiger partial charge in [0.2, 0.25) is 0 Å². The zero-order chi connectivity index (χ0) is 25.2. The third-order valence-corrected chi connectivity index (χ3v) is 7.26. The van der Waals surface area contributed by atoms with E-state index in [9.17, 15) is 8.78 Å². The molecule has 0 saturated carbocycles. The molecule has 2 aromatic carbocycles. The molecule has 0 aliphatic rings. The molecule has 6 nitrogen and oxygen atoms in total. The lowest BCUT2D eigenvalue weighted by Crippen LogP contribution is -2.22. The Morgan fingerprint density at radius 1 is 1.06 bits per heavy atom. The molecule has 2 heterocycles. The zero-order valence-corrected chi connectivity index (χ0v) is 21.3. The number of nitrogens with zero attached hydrogens (tertiary/aromatic N) is 2. The molecule has 0 aliphatic carbocycles. The molecular formula is C26H29F2N3O3Si. The highest BCUT2D eigenvalue weighted by Gasteiger charge is 2.20. The van der Waals surface area contributed by atoms with Crippen molar-refractivity contribution in [3.05, 3.63) is 66.5 Å². The molecule has 2 aromatic heterocycles. The number of pyridine rings is 1. The van der Waals surface area contributed by atoms with E-state index >= 15 is 0 Å². The molecule has 0 saturated heterocycles.